The molecule has 140 valence electrons. The quantitative estimate of drug-likeness (QED) is 0.627. The molecule has 6 nitrogen and oxygen atoms in total. The second kappa shape index (κ2) is 5.07. The standard InChI is InChI=1S/C4F10O6S3/c5-1(6,7)21(15,16)4(14,22(17,18)2(8,9)10)23(19,20)3(11,12)13. The van der Waals surface area contributed by atoms with Crippen molar-refractivity contribution >= 4 is 29.5 Å². The van der Waals surface area contributed by atoms with Gasteiger partial charge in [-0.25, -0.2) is 25.3 Å². The van der Waals surface area contributed by atoms with Gasteiger partial charge >= 0.3 is 49.7 Å². The van der Waals surface area contributed by atoms with Crippen molar-refractivity contribution in [3.63, 3.8) is 0 Å². The van der Waals surface area contributed by atoms with Crippen LogP contribution in [0.5, 0.6) is 0 Å². The fraction of sp³-hybridized carbons (Fsp3) is 1.00. The van der Waals surface area contributed by atoms with Crippen LogP contribution in [-0.2, 0) is 29.5 Å². The van der Waals surface area contributed by atoms with Gasteiger partial charge in [0.1, 0.15) is 0 Å². The summed E-state index contributed by atoms with van der Waals surface area (Å²) in [5.74, 6) is 0. The summed E-state index contributed by atoms with van der Waals surface area (Å²) in [5, 5.41) is 0. The van der Waals surface area contributed by atoms with Gasteiger partial charge in [0, 0.05) is 0 Å². The molecule has 0 saturated carbocycles. The van der Waals surface area contributed by atoms with E-state index in [2.05, 4.69) is 0 Å². The Labute approximate surface area is 119 Å². The molecule has 0 atom stereocenters. The van der Waals surface area contributed by atoms with Crippen molar-refractivity contribution in [3.05, 3.63) is 0 Å². The second-order valence-electron chi connectivity index (χ2n) is 3.33. The highest BCUT2D eigenvalue weighted by atomic mass is 32.3. The summed E-state index contributed by atoms with van der Waals surface area (Å²) in [6, 6.07) is 0. The van der Waals surface area contributed by atoms with Crippen LogP contribution in [0.4, 0.5) is 43.9 Å². The van der Waals surface area contributed by atoms with Crippen molar-refractivity contribution < 1.29 is 69.2 Å². The Morgan fingerprint density at radius 3 is 0.609 bits per heavy atom. The number of sulfone groups is 3. The van der Waals surface area contributed by atoms with Crippen LogP contribution in [0.25, 0.3) is 0 Å². The normalized spacial score (nSPS) is 16.4. The SMILES string of the molecule is O=S(=O)(C(F)(F)F)C(F)(S(=O)(=O)C(F)(F)F)S(=O)(=O)C(F)(F)F. The zero-order valence-corrected chi connectivity index (χ0v) is 11.9. The van der Waals surface area contributed by atoms with Crippen LogP contribution in [0.15, 0.2) is 0 Å². The zero-order chi connectivity index (χ0) is 19.5. The van der Waals surface area contributed by atoms with Gasteiger partial charge in [-0.05, 0) is 0 Å². The van der Waals surface area contributed by atoms with Gasteiger partial charge in [-0.1, -0.05) is 0 Å². The minimum absolute atomic E-state index is 7.43. The van der Waals surface area contributed by atoms with Gasteiger partial charge in [0.15, 0.2) is 0 Å². The summed E-state index contributed by atoms with van der Waals surface area (Å²) in [7, 11) is -26.1. The number of hydrogen-bond donors (Lipinski definition) is 0. The van der Waals surface area contributed by atoms with Crippen molar-refractivity contribution in [1.29, 1.82) is 0 Å². The zero-order valence-electron chi connectivity index (χ0n) is 9.45. The second-order valence-corrected chi connectivity index (χ2v) is 10.2. The molecule has 0 rings (SSSR count). The van der Waals surface area contributed by atoms with Crippen LogP contribution >= 0.6 is 0 Å². The van der Waals surface area contributed by atoms with E-state index in [0.29, 0.717) is 0 Å². The smallest absolute Gasteiger partial charge is 0.214 e. The molecule has 0 aliphatic carbocycles. The topological polar surface area (TPSA) is 102 Å². The maximum absolute atomic E-state index is 13.7. The first-order valence-electron chi connectivity index (χ1n) is 4.11. The van der Waals surface area contributed by atoms with E-state index in [4.69, 9.17) is 0 Å². The molecular weight excluding hydrogens is 430 g/mol. The minimum Gasteiger partial charge on any atom is -0.214 e. The van der Waals surface area contributed by atoms with Crippen molar-refractivity contribution in [2.45, 2.75) is 20.2 Å². The van der Waals surface area contributed by atoms with E-state index in [-0.39, 0.29) is 0 Å². The average Bonchev–Trinajstić information content (AvgIpc) is 2.22. The van der Waals surface area contributed by atoms with E-state index in [0.717, 1.165) is 0 Å². The Morgan fingerprint density at radius 1 is 0.391 bits per heavy atom. The summed E-state index contributed by atoms with van der Waals surface area (Å²) in [6.07, 6.45) is 0. The first kappa shape index (κ1) is 22.1. The lowest BCUT2D eigenvalue weighted by Crippen LogP contribution is -2.60. The Morgan fingerprint density at radius 2 is 0.522 bits per heavy atom. The van der Waals surface area contributed by atoms with Gasteiger partial charge in [0.05, 0.1) is 0 Å². The van der Waals surface area contributed by atoms with Gasteiger partial charge in [-0.2, -0.15) is 43.9 Å². The van der Waals surface area contributed by atoms with E-state index < -0.39 is 49.7 Å². The summed E-state index contributed by atoms with van der Waals surface area (Å²) < 4.78 is 178. The van der Waals surface area contributed by atoms with Crippen LogP contribution in [0.1, 0.15) is 0 Å². The lowest BCUT2D eigenvalue weighted by Gasteiger charge is -2.27. The van der Waals surface area contributed by atoms with Gasteiger partial charge in [0.25, 0.3) is 0 Å². The monoisotopic (exact) mass is 430 g/mol. The molecule has 0 saturated heterocycles. The lowest BCUT2D eigenvalue weighted by molar-refractivity contribution is -0.0549. The number of alkyl halides is 10. The van der Waals surface area contributed by atoms with E-state index in [1.807, 2.05) is 0 Å². The van der Waals surface area contributed by atoms with Crippen LogP contribution in [0.2, 0.25) is 0 Å². The summed E-state index contributed by atoms with van der Waals surface area (Å²) in [5.41, 5.74) is -22.3. The molecule has 0 unspecified atom stereocenters. The molecule has 0 aromatic rings. The largest absolute Gasteiger partial charge is 0.502 e. The van der Waals surface area contributed by atoms with E-state index in [9.17, 15) is 69.2 Å². The Bertz CT molecular complexity index is 670. The number of halogens is 10. The maximum atomic E-state index is 13.7. The Balaban J connectivity index is 7.45. The Kier molecular flexibility index (Phi) is 4.88. The molecule has 0 fully saturated rings. The van der Waals surface area contributed by atoms with Crippen molar-refractivity contribution in [2.24, 2.45) is 0 Å². The molecule has 0 bridgehead atoms. The molecule has 0 aliphatic heterocycles. The van der Waals surface area contributed by atoms with Crippen LogP contribution in [0, 0.1) is 0 Å². The van der Waals surface area contributed by atoms with Gasteiger partial charge in [-0.15, -0.1) is 0 Å². The molecule has 0 spiro atoms. The van der Waals surface area contributed by atoms with Crippen molar-refractivity contribution in [1.82, 2.24) is 0 Å². The van der Waals surface area contributed by atoms with E-state index in [1.54, 1.807) is 0 Å². The van der Waals surface area contributed by atoms with Crippen molar-refractivity contribution in [2.75, 3.05) is 0 Å². The van der Waals surface area contributed by atoms with E-state index in [1.165, 1.54) is 0 Å². The Hall–Kier alpha value is -0.850. The third kappa shape index (κ3) is 2.75. The van der Waals surface area contributed by atoms with Crippen molar-refractivity contribution in [3.8, 4) is 0 Å². The van der Waals surface area contributed by atoms with Gasteiger partial charge < -0.3 is 0 Å². The van der Waals surface area contributed by atoms with Crippen LogP contribution in [0.3, 0.4) is 0 Å². The highest BCUT2D eigenvalue weighted by Gasteiger charge is 2.85. The fourth-order valence-electron chi connectivity index (χ4n) is 0.848. The molecule has 19 heteroatoms. The molecular formula is C4F10O6S3. The first-order chi connectivity index (χ1) is 9.50. The van der Waals surface area contributed by atoms with Gasteiger partial charge in [-0.3, -0.25) is 0 Å². The van der Waals surface area contributed by atoms with Gasteiger partial charge in [0.2, 0.25) is 0 Å². The predicted octanol–water partition coefficient (Wildman–Crippen LogP) is 1.37. The molecule has 0 heterocycles. The number of hydrogen-bond acceptors (Lipinski definition) is 6. The maximum Gasteiger partial charge on any atom is 0.502 e. The number of rotatable bonds is 3. The summed E-state index contributed by atoms with van der Waals surface area (Å²) >= 11 is 0. The first-order valence-corrected chi connectivity index (χ1v) is 8.56. The summed E-state index contributed by atoms with van der Waals surface area (Å²) in [6.45, 7) is 0. The average molecular weight is 430 g/mol. The molecule has 0 aliphatic rings. The minimum atomic E-state index is -8.70. The third-order valence-electron chi connectivity index (χ3n) is 1.88. The highest BCUT2D eigenvalue weighted by Crippen LogP contribution is 2.51. The molecule has 23 heavy (non-hydrogen) atoms. The fourth-order valence-corrected chi connectivity index (χ4v) is 6.84. The summed E-state index contributed by atoms with van der Waals surface area (Å²) in [4.78, 5) is 0. The molecule has 0 aromatic carbocycles. The van der Waals surface area contributed by atoms with Crippen LogP contribution < -0.4 is 0 Å². The van der Waals surface area contributed by atoms with Crippen LogP contribution in [-0.4, -0.2) is 45.4 Å². The molecule has 0 N–H and O–H groups in total. The highest BCUT2D eigenvalue weighted by molar-refractivity contribution is 8.26. The lowest BCUT2D eigenvalue weighted by atomic mass is 11.5. The molecule has 0 aromatic heterocycles. The molecule has 0 radical (unpaired) electrons. The van der Waals surface area contributed by atoms with E-state index >= 15 is 0 Å². The third-order valence-corrected chi connectivity index (χ3v) is 9.58. The predicted molar refractivity (Wildman–Crippen MR) is 48.8 cm³/mol. The molecule has 0 amide bonds.